The van der Waals surface area contributed by atoms with Gasteiger partial charge >= 0.3 is 6.09 Å². The molecule has 3 N–H and O–H groups in total. The van der Waals surface area contributed by atoms with Crippen LogP contribution in [0.25, 0.3) is 6.08 Å². The normalized spacial score (nSPS) is 16.2. The Balaban J connectivity index is 1.65. The Hall–Kier alpha value is -3.81. The van der Waals surface area contributed by atoms with Gasteiger partial charge < -0.3 is 24.8 Å². The van der Waals surface area contributed by atoms with Gasteiger partial charge in [-0.05, 0) is 92.4 Å². The zero-order chi connectivity index (χ0) is 31.6. The molecule has 1 heterocycles. The van der Waals surface area contributed by atoms with E-state index in [-0.39, 0.29) is 6.42 Å². The van der Waals surface area contributed by atoms with Crippen LogP contribution < -0.4 is 20.7 Å². The number of carbonyl (C=O) groups is 5. The van der Waals surface area contributed by atoms with Crippen LogP contribution in [0.3, 0.4) is 0 Å². The van der Waals surface area contributed by atoms with E-state index in [1.165, 1.54) is 18.9 Å². The van der Waals surface area contributed by atoms with Crippen molar-refractivity contribution in [2.24, 2.45) is 0 Å². The number of methoxy groups -OCH3 is 1. The number of alkyl carbamates (subject to hydrolysis) is 1. The molecule has 3 rings (SSSR count). The maximum Gasteiger partial charge on any atom is 0.408 e. The fourth-order valence-electron chi connectivity index (χ4n) is 3.86. The second-order valence-electron chi connectivity index (χ2n) is 10.5. The minimum atomic E-state index is -1.67. The second-order valence-corrected chi connectivity index (χ2v) is 12.5. The predicted molar refractivity (Wildman–Crippen MR) is 166 cm³/mol. The molecule has 2 aromatic carbocycles. The lowest BCUT2D eigenvalue weighted by atomic mass is 10.0. The van der Waals surface area contributed by atoms with Gasteiger partial charge in [0.25, 0.3) is 11.1 Å². The maximum atomic E-state index is 13.2. The molecule has 2 atom stereocenters. The fraction of sp³-hybridized carbons (Fsp3) is 0.367. The van der Waals surface area contributed by atoms with E-state index in [2.05, 4.69) is 16.0 Å². The number of rotatable bonds is 13. The van der Waals surface area contributed by atoms with Gasteiger partial charge in [0, 0.05) is 13.5 Å². The van der Waals surface area contributed by atoms with Crippen LogP contribution in [0, 0.1) is 0 Å². The number of imide groups is 1. The number of nitrogens with one attached hydrogen (secondary N) is 3. The average Bonchev–Trinajstić information content (AvgIpc) is 3.27. The van der Waals surface area contributed by atoms with E-state index in [0.29, 0.717) is 40.4 Å². The lowest BCUT2D eigenvalue weighted by Crippen LogP contribution is -2.59. The maximum absolute atomic E-state index is 13.2. The molecule has 1 aliphatic rings. The number of benzene rings is 2. The fourth-order valence-corrected chi connectivity index (χ4v) is 5.01. The third-order valence-corrected chi connectivity index (χ3v) is 7.41. The quantitative estimate of drug-likeness (QED) is 0.162. The highest BCUT2D eigenvalue weighted by Gasteiger charge is 2.35. The van der Waals surface area contributed by atoms with Crippen LogP contribution in [-0.2, 0) is 30.3 Å². The van der Waals surface area contributed by atoms with E-state index in [1.807, 2.05) is 6.26 Å². The van der Waals surface area contributed by atoms with Crippen molar-refractivity contribution in [1.29, 1.82) is 0 Å². The molecule has 1 fully saturated rings. The summed E-state index contributed by atoms with van der Waals surface area (Å²) in [7, 11) is 1.32. The minimum absolute atomic E-state index is 0.0260. The summed E-state index contributed by atoms with van der Waals surface area (Å²) in [5.41, 5.74) is -0.988. The van der Waals surface area contributed by atoms with Gasteiger partial charge in [-0.3, -0.25) is 24.5 Å². The topological polar surface area (TPSA) is 149 Å². The summed E-state index contributed by atoms with van der Waals surface area (Å²) in [6.07, 6.45) is 3.64. The summed E-state index contributed by atoms with van der Waals surface area (Å²) in [6.45, 7) is 5.17. The van der Waals surface area contributed by atoms with E-state index in [1.54, 1.807) is 75.4 Å². The van der Waals surface area contributed by atoms with Gasteiger partial charge in [0.2, 0.25) is 11.6 Å². The van der Waals surface area contributed by atoms with Gasteiger partial charge in [-0.1, -0.05) is 24.3 Å². The molecular formula is C30H35N3O8S2. The first-order valence-corrected chi connectivity index (χ1v) is 15.5. The number of hydrogen-bond donors (Lipinski definition) is 3. The van der Waals surface area contributed by atoms with Crippen molar-refractivity contribution in [1.82, 2.24) is 16.0 Å². The third-order valence-electron chi connectivity index (χ3n) is 5.95. The molecule has 1 aliphatic heterocycles. The number of carbonyl (C=O) groups excluding carboxylic acids is 5. The lowest BCUT2D eigenvalue weighted by Gasteiger charge is -2.30. The van der Waals surface area contributed by atoms with Crippen molar-refractivity contribution in [3.05, 3.63) is 64.6 Å². The van der Waals surface area contributed by atoms with E-state index in [4.69, 9.17) is 14.2 Å². The molecule has 43 heavy (non-hydrogen) atoms. The van der Waals surface area contributed by atoms with Gasteiger partial charge in [-0.15, -0.1) is 0 Å². The van der Waals surface area contributed by atoms with Gasteiger partial charge in [-0.25, -0.2) is 4.79 Å². The van der Waals surface area contributed by atoms with Gasteiger partial charge in [0.1, 0.15) is 23.1 Å². The Labute approximate surface area is 258 Å². The van der Waals surface area contributed by atoms with Crippen molar-refractivity contribution in [2.75, 3.05) is 19.1 Å². The highest BCUT2D eigenvalue weighted by Crippen LogP contribution is 2.28. The van der Waals surface area contributed by atoms with Crippen LogP contribution in [-0.4, -0.2) is 65.9 Å². The van der Waals surface area contributed by atoms with E-state index in [9.17, 15) is 24.0 Å². The average molecular weight is 630 g/mol. The minimum Gasteiger partial charge on any atom is -0.457 e. The summed E-state index contributed by atoms with van der Waals surface area (Å²) >= 11 is 2.36. The Morgan fingerprint density at radius 3 is 2.19 bits per heavy atom. The van der Waals surface area contributed by atoms with Crippen LogP contribution in [0.15, 0.2) is 53.4 Å². The first kappa shape index (κ1) is 33.7. The molecule has 0 aliphatic carbocycles. The van der Waals surface area contributed by atoms with Gasteiger partial charge in [0.15, 0.2) is 6.29 Å². The first-order chi connectivity index (χ1) is 20.3. The summed E-state index contributed by atoms with van der Waals surface area (Å²) in [5, 5.41) is 7.06. The lowest BCUT2D eigenvalue weighted by molar-refractivity contribution is -0.143. The molecular weight excluding hydrogens is 594 g/mol. The summed E-state index contributed by atoms with van der Waals surface area (Å²) in [6, 6.07) is 13.0. The molecule has 13 heteroatoms. The molecule has 1 saturated heterocycles. The Kier molecular flexibility index (Phi) is 11.8. The SMILES string of the molecule is COC(C=O)(Cc1ccc(Oc2ccc(C=C3SC(=O)NC3=O)cc2)cc1)NC(=O)C(CCSC)NC(=O)OC(C)(C)C. The monoisotopic (exact) mass is 629 g/mol. The highest BCUT2D eigenvalue weighted by molar-refractivity contribution is 8.18. The van der Waals surface area contributed by atoms with Crippen LogP contribution >= 0.6 is 23.5 Å². The van der Waals surface area contributed by atoms with Gasteiger partial charge in [-0.2, -0.15) is 11.8 Å². The molecule has 230 valence electrons. The number of ether oxygens (including phenoxy) is 3. The second kappa shape index (κ2) is 15.1. The Morgan fingerprint density at radius 2 is 1.67 bits per heavy atom. The molecule has 2 unspecified atom stereocenters. The van der Waals surface area contributed by atoms with Crippen LogP contribution in [0.4, 0.5) is 9.59 Å². The summed E-state index contributed by atoms with van der Waals surface area (Å²) in [5.74, 6) is 0.674. The first-order valence-electron chi connectivity index (χ1n) is 13.3. The van der Waals surface area contributed by atoms with Crippen molar-refractivity contribution >= 4 is 59.0 Å². The largest absolute Gasteiger partial charge is 0.457 e. The smallest absolute Gasteiger partial charge is 0.408 e. The van der Waals surface area contributed by atoms with Crippen molar-refractivity contribution in [3.8, 4) is 11.5 Å². The Bertz CT molecular complexity index is 1360. The highest BCUT2D eigenvalue weighted by atomic mass is 32.2. The molecule has 0 bridgehead atoms. The zero-order valence-electron chi connectivity index (χ0n) is 24.6. The molecule has 11 nitrogen and oxygen atoms in total. The molecule has 0 aromatic heterocycles. The number of amides is 4. The van der Waals surface area contributed by atoms with E-state index in [0.717, 1.165) is 17.3 Å². The zero-order valence-corrected chi connectivity index (χ0v) is 26.2. The van der Waals surface area contributed by atoms with Gasteiger partial charge in [0.05, 0.1) is 4.91 Å². The van der Waals surface area contributed by atoms with Crippen molar-refractivity contribution in [3.63, 3.8) is 0 Å². The molecule has 2 aromatic rings. The number of hydrogen-bond acceptors (Lipinski definition) is 10. The Morgan fingerprint density at radius 1 is 1.05 bits per heavy atom. The number of thioether (sulfide) groups is 2. The number of aldehydes is 1. The van der Waals surface area contributed by atoms with Crippen LogP contribution in [0.2, 0.25) is 0 Å². The third kappa shape index (κ3) is 10.4. The predicted octanol–water partition coefficient (Wildman–Crippen LogP) is 4.65. The molecule has 4 amide bonds. The van der Waals surface area contributed by atoms with Crippen molar-refractivity contribution in [2.45, 2.75) is 51.0 Å². The summed E-state index contributed by atoms with van der Waals surface area (Å²) < 4.78 is 16.7. The molecule has 0 spiro atoms. The molecule has 0 radical (unpaired) electrons. The van der Waals surface area contributed by atoms with Crippen LogP contribution in [0.1, 0.15) is 38.3 Å². The summed E-state index contributed by atoms with van der Waals surface area (Å²) in [4.78, 5) is 61.1. The van der Waals surface area contributed by atoms with E-state index < -0.39 is 40.5 Å². The standard InChI is InChI=1S/C30H35N3O8S2/c1-29(2,3)41-27(37)31-23(14-15-42-5)25(35)33-30(18-34,39-4)17-20-8-12-22(13-9-20)40-21-10-6-19(7-11-21)16-24-26(36)32-28(38)43-24/h6-13,16,18,23H,14-15,17H2,1-5H3,(H,31,37)(H,33,35)(H,32,36,38). The van der Waals surface area contributed by atoms with E-state index >= 15 is 0 Å². The van der Waals surface area contributed by atoms with Crippen molar-refractivity contribution < 1.29 is 38.2 Å². The van der Waals surface area contributed by atoms with Crippen LogP contribution in [0.5, 0.6) is 11.5 Å². The molecule has 0 saturated carbocycles.